The third-order valence-electron chi connectivity index (χ3n) is 2.12. The van der Waals surface area contributed by atoms with Gasteiger partial charge in [-0.25, -0.2) is 4.79 Å². The van der Waals surface area contributed by atoms with Gasteiger partial charge in [-0.05, 0) is 28.1 Å². The van der Waals surface area contributed by atoms with Gasteiger partial charge >= 0.3 is 5.97 Å². The van der Waals surface area contributed by atoms with Crippen molar-refractivity contribution in [1.82, 2.24) is 9.78 Å². The molecular weight excluding hydrogens is 306 g/mol. The van der Waals surface area contributed by atoms with E-state index in [1.807, 2.05) is 12.1 Å². The van der Waals surface area contributed by atoms with Gasteiger partial charge < -0.3 is 10.5 Å². The number of hydrogen-bond acceptors (Lipinski definition) is 5. The molecule has 0 aliphatic carbocycles. The first kappa shape index (κ1) is 12.1. The average Bonchev–Trinajstić information content (AvgIpc) is 2.85. The molecule has 7 heteroatoms. The van der Waals surface area contributed by atoms with Crippen LogP contribution in [0, 0.1) is 0 Å². The predicted molar refractivity (Wildman–Crippen MR) is 69.1 cm³/mol. The number of anilines is 1. The van der Waals surface area contributed by atoms with Crippen LogP contribution in [-0.2, 0) is 11.3 Å². The molecule has 5 nitrogen and oxygen atoms in total. The summed E-state index contributed by atoms with van der Waals surface area (Å²) in [5, 5.41) is 4.09. The Morgan fingerprint density at radius 2 is 2.41 bits per heavy atom. The van der Waals surface area contributed by atoms with Gasteiger partial charge in [0.05, 0.1) is 23.1 Å². The van der Waals surface area contributed by atoms with Crippen LogP contribution in [0.3, 0.4) is 0 Å². The lowest BCUT2D eigenvalue weighted by Crippen LogP contribution is -2.06. The van der Waals surface area contributed by atoms with E-state index < -0.39 is 5.97 Å². The molecule has 17 heavy (non-hydrogen) atoms. The number of halogens is 1. The summed E-state index contributed by atoms with van der Waals surface area (Å²) >= 11 is 5.00. The lowest BCUT2D eigenvalue weighted by atomic mass is 10.4. The van der Waals surface area contributed by atoms with Crippen LogP contribution < -0.4 is 5.73 Å². The van der Waals surface area contributed by atoms with Crippen molar-refractivity contribution >= 4 is 38.9 Å². The van der Waals surface area contributed by atoms with Gasteiger partial charge in [0.2, 0.25) is 0 Å². The smallest absolute Gasteiger partial charge is 0.360 e. The van der Waals surface area contributed by atoms with Crippen molar-refractivity contribution in [2.24, 2.45) is 0 Å². The van der Waals surface area contributed by atoms with Crippen LogP contribution in [0.15, 0.2) is 22.1 Å². The van der Waals surface area contributed by atoms with Crippen LogP contribution in [0.25, 0.3) is 0 Å². The third-order valence-corrected chi connectivity index (χ3v) is 3.72. The highest BCUT2D eigenvalue weighted by Gasteiger charge is 2.15. The number of hydrogen-bond donors (Lipinski definition) is 1. The zero-order chi connectivity index (χ0) is 12.4. The summed E-state index contributed by atoms with van der Waals surface area (Å²) in [4.78, 5) is 12.4. The van der Waals surface area contributed by atoms with Gasteiger partial charge in [-0.15, -0.1) is 11.3 Å². The number of nitrogens with zero attached hydrogens (tertiary/aromatic N) is 2. The van der Waals surface area contributed by atoms with Crippen molar-refractivity contribution in [2.75, 3.05) is 12.8 Å². The van der Waals surface area contributed by atoms with E-state index >= 15 is 0 Å². The summed E-state index contributed by atoms with van der Waals surface area (Å²) in [5.74, 6) is -0.520. The van der Waals surface area contributed by atoms with Gasteiger partial charge in [-0.1, -0.05) is 0 Å². The van der Waals surface area contributed by atoms with Crippen LogP contribution >= 0.6 is 27.3 Å². The molecule has 0 fully saturated rings. The number of methoxy groups -OCH3 is 1. The highest BCUT2D eigenvalue weighted by atomic mass is 79.9. The van der Waals surface area contributed by atoms with Gasteiger partial charge in [0, 0.05) is 11.1 Å². The number of rotatable bonds is 3. The molecule has 0 saturated carbocycles. The number of nitrogen functional groups attached to an aromatic ring is 1. The fourth-order valence-corrected chi connectivity index (χ4v) is 2.84. The molecule has 2 rings (SSSR count). The van der Waals surface area contributed by atoms with Crippen LogP contribution in [0.2, 0.25) is 0 Å². The number of carbonyl (C=O) groups excluding carboxylic acids is 1. The van der Waals surface area contributed by atoms with Gasteiger partial charge in [-0.2, -0.15) is 5.10 Å². The Balaban J connectivity index is 2.20. The Kier molecular flexibility index (Phi) is 3.49. The Hall–Kier alpha value is -1.34. The first-order valence-electron chi connectivity index (χ1n) is 4.75. The summed E-state index contributed by atoms with van der Waals surface area (Å²) in [6, 6.07) is 3.96. The van der Waals surface area contributed by atoms with E-state index in [4.69, 9.17) is 5.73 Å². The largest absolute Gasteiger partial charge is 0.464 e. The van der Waals surface area contributed by atoms with Gasteiger partial charge in [-0.3, -0.25) is 4.68 Å². The number of ether oxygens (including phenoxy) is 1. The molecule has 90 valence electrons. The van der Waals surface area contributed by atoms with Crippen molar-refractivity contribution in [3.8, 4) is 0 Å². The van der Waals surface area contributed by atoms with E-state index in [0.29, 0.717) is 12.2 Å². The molecule has 0 radical (unpaired) electrons. The summed E-state index contributed by atoms with van der Waals surface area (Å²) < 4.78 is 7.27. The number of nitrogens with two attached hydrogens (primary N) is 1. The fourth-order valence-electron chi connectivity index (χ4n) is 1.37. The maximum absolute atomic E-state index is 11.3. The van der Waals surface area contributed by atoms with Crippen LogP contribution in [-0.4, -0.2) is 22.9 Å². The highest BCUT2D eigenvalue weighted by molar-refractivity contribution is 9.11. The van der Waals surface area contributed by atoms with Crippen LogP contribution in [0.5, 0.6) is 0 Å². The Labute approximate surface area is 110 Å². The lowest BCUT2D eigenvalue weighted by molar-refractivity contribution is 0.0594. The molecule has 2 aromatic heterocycles. The predicted octanol–water partition coefficient (Wildman–Crippen LogP) is 2.12. The normalized spacial score (nSPS) is 10.5. The Morgan fingerprint density at radius 3 is 3.00 bits per heavy atom. The number of esters is 1. The molecule has 0 amide bonds. The monoisotopic (exact) mass is 315 g/mol. The Bertz CT molecular complexity index is 549. The average molecular weight is 316 g/mol. The summed E-state index contributed by atoms with van der Waals surface area (Å²) in [6.45, 7) is 0.581. The molecule has 0 aromatic carbocycles. The van der Waals surface area contributed by atoms with E-state index in [2.05, 4.69) is 25.8 Å². The number of aromatic nitrogens is 2. The summed E-state index contributed by atoms with van der Waals surface area (Å²) in [5.41, 5.74) is 6.17. The minimum atomic E-state index is -0.520. The molecule has 0 atom stereocenters. The number of thiophene rings is 1. The molecule has 0 bridgehead atoms. The van der Waals surface area contributed by atoms with Crippen molar-refractivity contribution in [3.05, 3.63) is 32.7 Å². The molecule has 2 N–H and O–H groups in total. The van der Waals surface area contributed by atoms with Crippen molar-refractivity contribution in [1.29, 1.82) is 0 Å². The molecule has 2 aromatic rings. The fraction of sp³-hybridized carbons (Fsp3) is 0.200. The minimum Gasteiger partial charge on any atom is -0.464 e. The van der Waals surface area contributed by atoms with Gasteiger partial charge in [0.15, 0.2) is 5.69 Å². The zero-order valence-corrected chi connectivity index (χ0v) is 11.4. The maximum atomic E-state index is 11.3. The van der Waals surface area contributed by atoms with Crippen LogP contribution in [0.4, 0.5) is 5.69 Å². The first-order chi connectivity index (χ1) is 8.10. The SMILES string of the molecule is COC(=O)c1nn(Cc2ccc(Br)s2)cc1N. The molecule has 0 saturated heterocycles. The standard InChI is InChI=1S/C10H10BrN3O2S/c1-16-10(15)9-7(12)5-14(13-9)4-6-2-3-8(11)17-6/h2-3,5H,4,12H2,1H3. The van der Waals surface area contributed by atoms with E-state index in [1.165, 1.54) is 7.11 Å². The first-order valence-corrected chi connectivity index (χ1v) is 6.36. The molecule has 0 unspecified atom stereocenters. The van der Waals surface area contributed by atoms with E-state index in [0.717, 1.165) is 8.66 Å². The van der Waals surface area contributed by atoms with Crippen LogP contribution in [0.1, 0.15) is 15.4 Å². The summed E-state index contributed by atoms with van der Waals surface area (Å²) in [6.07, 6.45) is 1.62. The van der Waals surface area contributed by atoms with Gasteiger partial charge in [0.25, 0.3) is 0 Å². The van der Waals surface area contributed by atoms with Crippen molar-refractivity contribution < 1.29 is 9.53 Å². The van der Waals surface area contributed by atoms with E-state index in [1.54, 1.807) is 22.2 Å². The highest BCUT2D eigenvalue weighted by Crippen LogP contribution is 2.23. The molecule has 0 aliphatic heterocycles. The third kappa shape index (κ3) is 2.67. The van der Waals surface area contributed by atoms with Crippen molar-refractivity contribution in [2.45, 2.75) is 6.54 Å². The topological polar surface area (TPSA) is 70.1 Å². The maximum Gasteiger partial charge on any atom is 0.360 e. The van der Waals surface area contributed by atoms with E-state index in [-0.39, 0.29) is 5.69 Å². The quantitative estimate of drug-likeness (QED) is 0.881. The minimum absolute atomic E-state index is 0.156. The zero-order valence-electron chi connectivity index (χ0n) is 9.01. The second-order valence-electron chi connectivity index (χ2n) is 3.33. The van der Waals surface area contributed by atoms with Crippen molar-refractivity contribution in [3.63, 3.8) is 0 Å². The second kappa shape index (κ2) is 4.89. The molecule has 0 spiro atoms. The molecule has 2 heterocycles. The molecule has 0 aliphatic rings. The molecular formula is C10H10BrN3O2S. The summed E-state index contributed by atoms with van der Waals surface area (Å²) in [7, 11) is 1.30. The Morgan fingerprint density at radius 1 is 1.65 bits per heavy atom. The van der Waals surface area contributed by atoms with E-state index in [9.17, 15) is 4.79 Å². The second-order valence-corrected chi connectivity index (χ2v) is 5.88. The lowest BCUT2D eigenvalue weighted by Gasteiger charge is -1.97. The number of carbonyl (C=O) groups is 1. The van der Waals surface area contributed by atoms with Gasteiger partial charge in [0.1, 0.15) is 0 Å².